The van der Waals surface area contributed by atoms with Gasteiger partial charge in [-0.05, 0) is 48.3 Å². The summed E-state index contributed by atoms with van der Waals surface area (Å²) in [6, 6.07) is 7.02. The minimum Gasteiger partial charge on any atom is -0.274 e. The lowest BCUT2D eigenvalue weighted by Crippen LogP contribution is -2.40. The van der Waals surface area contributed by atoms with Crippen LogP contribution in [-0.2, 0) is 9.59 Å². The molecule has 1 aliphatic heterocycles. The molecule has 0 spiro atoms. The smallest absolute Gasteiger partial charge is 0.238 e. The van der Waals surface area contributed by atoms with Crippen LogP contribution in [0.1, 0.15) is 6.42 Å². The van der Waals surface area contributed by atoms with Gasteiger partial charge < -0.3 is 0 Å². The second kappa shape index (κ2) is 3.77. The number of hydrogen-bond acceptors (Lipinski definition) is 2. The van der Waals surface area contributed by atoms with Gasteiger partial charge in [0.05, 0.1) is 17.5 Å². The Labute approximate surface area is 127 Å². The monoisotopic (exact) mass is 299 g/mol. The standard InChI is InChI=1S/C17H14ClNO2/c18-8-2-1-3-9(6-8)19-16(20)14-10-4-5-11(13-7-12(10)13)15(14)17(19)21/h1-6,10-15H,7H2/t10-,11+,12-,13-,14+,15+/m1/s1. The van der Waals surface area contributed by atoms with E-state index in [0.717, 1.165) is 0 Å². The number of allylic oxidation sites excluding steroid dienone is 2. The minimum atomic E-state index is -0.143. The summed E-state index contributed by atoms with van der Waals surface area (Å²) in [4.78, 5) is 27.1. The van der Waals surface area contributed by atoms with Crippen LogP contribution in [-0.4, -0.2) is 11.8 Å². The topological polar surface area (TPSA) is 37.4 Å². The van der Waals surface area contributed by atoms with Gasteiger partial charge in [0, 0.05) is 5.02 Å². The first kappa shape index (κ1) is 12.0. The van der Waals surface area contributed by atoms with Crippen LogP contribution in [0.25, 0.3) is 0 Å². The second-order valence-electron chi connectivity index (χ2n) is 6.65. The Morgan fingerprint density at radius 2 is 1.62 bits per heavy atom. The number of halogens is 1. The van der Waals surface area contributed by atoms with Crippen LogP contribution < -0.4 is 4.90 Å². The van der Waals surface area contributed by atoms with Gasteiger partial charge in [-0.15, -0.1) is 0 Å². The lowest BCUT2D eigenvalue weighted by Gasteiger charge is -2.37. The molecule has 2 saturated carbocycles. The number of benzene rings is 1. The van der Waals surface area contributed by atoms with E-state index in [-0.39, 0.29) is 35.5 Å². The second-order valence-corrected chi connectivity index (χ2v) is 7.08. The zero-order valence-corrected chi connectivity index (χ0v) is 12.0. The Bertz CT molecular complexity index is 676. The van der Waals surface area contributed by atoms with Gasteiger partial charge in [0.25, 0.3) is 0 Å². The SMILES string of the molecule is O=C1[C@H]2[C@@H]3C=C[C@@H]([C@H]4C[C@H]34)[C@@H]2C(=O)N1c1cccc(Cl)c1. The van der Waals surface area contributed by atoms with Crippen molar-refractivity contribution in [1.29, 1.82) is 0 Å². The molecule has 1 saturated heterocycles. The first-order valence-electron chi connectivity index (χ1n) is 7.48. The molecule has 2 bridgehead atoms. The molecule has 1 aromatic rings. The number of nitrogens with zero attached hydrogens (tertiary/aromatic N) is 1. The Hall–Kier alpha value is -1.61. The molecule has 21 heavy (non-hydrogen) atoms. The van der Waals surface area contributed by atoms with Crippen molar-refractivity contribution < 1.29 is 9.59 Å². The largest absolute Gasteiger partial charge is 0.274 e. The van der Waals surface area contributed by atoms with Crippen LogP contribution in [0.4, 0.5) is 5.69 Å². The molecule has 0 aromatic heterocycles. The summed E-state index contributed by atoms with van der Waals surface area (Å²) in [6.07, 6.45) is 5.56. The summed E-state index contributed by atoms with van der Waals surface area (Å²) in [5.74, 6) is 1.46. The summed E-state index contributed by atoms with van der Waals surface area (Å²) in [6.45, 7) is 0. The van der Waals surface area contributed by atoms with Crippen LogP contribution in [0, 0.1) is 35.5 Å². The van der Waals surface area contributed by atoms with E-state index in [0.29, 0.717) is 22.5 Å². The van der Waals surface area contributed by atoms with Crippen molar-refractivity contribution in [3.63, 3.8) is 0 Å². The average molecular weight is 300 g/mol. The van der Waals surface area contributed by atoms with E-state index in [1.165, 1.54) is 11.3 Å². The molecule has 106 valence electrons. The van der Waals surface area contributed by atoms with Crippen molar-refractivity contribution in [1.82, 2.24) is 0 Å². The molecule has 0 radical (unpaired) electrons. The molecule has 0 unspecified atom stereocenters. The Morgan fingerprint density at radius 1 is 1.00 bits per heavy atom. The van der Waals surface area contributed by atoms with E-state index in [4.69, 9.17) is 11.6 Å². The Kier molecular flexibility index (Phi) is 2.15. The first-order chi connectivity index (χ1) is 10.2. The minimum absolute atomic E-state index is 0.0306. The number of imide groups is 1. The van der Waals surface area contributed by atoms with Gasteiger partial charge >= 0.3 is 0 Å². The molecule has 4 heteroatoms. The van der Waals surface area contributed by atoms with E-state index in [1.54, 1.807) is 24.3 Å². The highest BCUT2D eigenvalue weighted by atomic mass is 35.5. The number of anilines is 1. The number of rotatable bonds is 1. The molecule has 1 heterocycles. The van der Waals surface area contributed by atoms with Crippen LogP contribution in [0.15, 0.2) is 36.4 Å². The highest BCUT2D eigenvalue weighted by Gasteiger charge is 2.67. The van der Waals surface area contributed by atoms with Crippen molar-refractivity contribution in [2.24, 2.45) is 35.5 Å². The molecule has 6 rings (SSSR count). The van der Waals surface area contributed by atoms with Crippen molar-refractivity contribution >= 4 is 29.1 Å². The molecule has 6 atom stereocenters. The summed E-state index contributed by atoms with van der Waals surface area (Å²) >= 11 is 6.01. The van der Waals surface area contributed by atoms with Gasteiger partial charge in [0.2, 0.25) is 11.8 Å². The lowest BCUT2D eigenvalue weighted by molar-refractivity contribution is -0.124. The summed E-state index contributed by atoms with van der Waals surface area (Å²) in [7, 11) is 0. The fraction of sp³-hybridized carbons (Fsp3) is 0.412. The quantitative estimate of drug-likeness (QED) is 0.591. The van der Waals surface area contributed by atoms with Crippen LogP contribution >= 0.6 is 11.6 Å². The molecule has 1 aromatic carbocycles. The third kappa shape index (κ3) is 1.40. The summed E-state index contributed by atoms with van der Waals surface area (Å²) < 4.78 is 0. The molecule has 4 aliphatic carbocycles. The van der Waals surface area contributed by atoms with E-state index in [1.807, 2.05) is 0 Å². The zero-order chi connectivity index (χ0) is 14.3. The van der Waals surface area contributed by atoms with Crippen molar-refractivity contribution in [3.8, 4) is 0 Å². The van der Waals surface area contributed by atoms with E-state index >= 15 is 0 Å². The van der Waals surface area contributed by atoms with Crippen molar-refractivity contribution in [2.45, 2.75) is 6.42 Å². The summed E-state index contributed by atoms with van der Waals surface area (Å²) in [5, 5.41) is 0.548. The first-order valence-corrected chi connectivity index (χ1v) is 7.86. The average Bonchev–Trinajstić information content (AvgIpc) is 3.24. The molecular formula is C17H14ClNO2. The third-order valence-corrected chi connectivity index (χ3v) is 5.96. The molecular weight excluding hydrogens is 286 g/mol. The fourth-order valence-electron chi connectivity index (χ4n) is 4.83. The van der Waals surface area contributed by atoms with Gasteiger partial charge in [0.1, 0.15) is 0 Å². The number of carbonyl (C=O) groups excluding carboxylic acids is 2. The Balaban J connectivity index is 1.60. The van der Waals surface area contributed by atoms with Gasteiger partial charge in [-0.25, -0.2) is 4.90 Å². The molecule has 3 nitrogen and oxygen atoms in total. The van der Waals surface area contributed by atoms with Gasteiger partial charge in [-0.1, -0.05) is 29.8 Å². The predicted molar refractivity (Wildman–Crippen MR) is 78.6 cm³/mol. The number of amides is 2. The maximum atomic E-state index is 12.8. The van der Waals surface area contributed by atoms with Crippen molar-refractivity contribution in [2.75, 3.05) is 4.90 Å². The molecule has 3 fully saturated rings. The zero-order valence-electron chi connectivity index (χ0n) is 11.3. The fourth-order valence-corrected chi connectivity index (χ4v) is 5.01. The lowest BCUT2D eigenvalue weighted by atomic mass is 9.63. The predicted octanol–water partition coefficient (Wildman–Crippen LogP) is 2.90. The van der Waals surface area contributed by atoms with Crippen LogP contribution in [0.5, 0.6) is 0 Å². The van der Waals surface area contributed by atoms with Gasteiger partial charge in [-0.2, -0.15) is 0 Å². The van der Waals surface area contributed by atoms with Crippen molar-refractivity contribution in [3.05, 3.63) is 41.4 Å². The molecule has 2 amide bonds. The highest BCUT2D eigenvalue weighted by Crippen LogP contribution is 2.65. The maximum absolute atomic E-state index is 12.8. The maximum Gasteiger partial charge on any atom is 0.238 e. The molecule has 0 N–H and O–H groups in total. The normalized spacial score (nSPS) is 42.2. The van der Waals surface area contributed by atoms with E-state index in [2.05, 4.69) is 12.2 Å². The third-order valence-electron chi connectivity index (χ3n) is 5.73. The number of carbonyl (C=O) groups is 2. The Morgan fingerprint density at radius 3 is 2.19 bits per heavy atom. The molecule has 5 aliphatic rings. The highest BCUT2D eigenvalue weighted by molar-refractivity contribution is 6.31. The van der Waals surface area contributed by atoms with Crippen LogP contribution in [0.2, 0.25) is 5.02 Å². The van der Waals surface area contributed by atoms with E-state index in [9.17, 15) is 9.59 Å². The van der Waals surface area contributed by atoms with Gasteiger partial charge in [0.15, 0.2) is 0 Å². The van der Waals surface area contributed by atoms with E-state index < -0.39 is 0 Å². The number of hydrogen-bond donors (Lipinski definition) is 0. The van der Waals surface area contributed by atoms with Gasteiger partial charge in [-0.3, -0.25) is 9.59 Å². The summed E-state index contributed by atoms with van der Waals surface area (Å²) in [5.41, 5.74) is 0.611. The van der Waals surface area contributed by atoms with Crippen LogP contribution in [0.3, 0.4) is 0 Å².